The first-order valence-corrected chi connectivity index (χ1v) is 9.12. The predicted octanol–water partition coefficient (Wildman–Crippen LogP) is 3.70. The van der Waals surface area contributed by atoms with Crippen molar-refractivity contribution < 1.29 is 13.3 Å². The van der Waals surface area contributed by atoms with E-state index >= 15 is 0 Å². The molecule has 0 spiro atoms. The van der Waals surface area contributed by atoms with Crippen LogP contribution < -0.4 is 4.31 Å². The van der Waals surface area contributed by atoms with E-state index in [-0.39, 0.29) is 27.2 Å². The van der Waals surface area contributed by atoms with Crippen LogP contribution >= 0.6 is 11.6 Å². The largest absolute Gasteiger partial charge is 0.275 e. The van der Waals surface area contributed by atoms with Crippen LogP contribution in [0.3, 0.4) is 0 Å². The molecule has 0 saturated carbocycles. The van der Waals surface area contributed by atoms with Gasteiger partial charge in [-0.1, -0.05) is 29.8 Å². The summed E-state index contributed by atoms with van der Waals surface area (Å²) in [5.41, 5.74) is 1.47. The van der Waals surface area contributed by atoms with Crippen LogP contribution in [0.2, 0.25) is 5.02 Å². The third-order valence-electron chi connectivity index (χ3n) is 4.19. The first kappa shape index (κ1) is 16.7. The van der Waals surface area contributed by atoms with Crippen molar-refractivity contribution in [3.63, 3.8) is 0 Å². The standard InChI is InChI=1S/C16H15ClN2O4S/c1-10-7-12-5-3-4-6-15(12)18(10)24(22,23)13-8-14(17)11(2)16(9-13)19(20)21/h3-6,8-10H,7H2,1-2H3. The number of benzene rings is 2. The minimum Gasteiger partial charge on any atom is -0.263 e. The zero-order chi connectivity index (χ0) is 17.6. The second kappa shape index (κ2) is 5.75. The normalized spacial score (nSPS) is 17.0. The first-order valence-electron chi connectivity index (χ1n) is 7.30. The van der Waals surface area contributed by atoms with Crippen LogP contribution in [0.25, 0.3) is 0 Å². The van der Waals surface area contributed by atoms with E-state index in [0.29, 0.717) is 12.1 Å². The fourth-order valence-corrected chi connectivity index (χ4v) is 5.01. The molecule has 6 nitrogen and oxygen atoms in total. The average molecular weight is 367 g/mol. The number of rotatable bonds is 3. The minimum atomic E-state index is -3.95. The molecule has 0 N–H and O–H groups in total. The molecule has 3 rings (SSSR count). The van der Waals surface area contributed by atoms with Gasteiger partial charge in [0.1, 0.15) is 0 Å². The molecule has 0 bridgehead atoms. The Balaban J connectivity index is 2.18. The van der Waals surface area contributed by atoms with Crippen LogP contribution in [0.1, 0.15) is 18.1 Å². The van der Waals surface area contributed by atoms with E-state index in [1.165, 1.54) is 17.3 Å². The summed E-state index contributed by atoms with van der Waals surface area (Å²) in [6, 6.07) is 9.31. The van der Waals surface area contributed by atoms with Crippen molar-refractivity contribution in [2.24, 2.45) is 0 Å². The van der Waals surface area contributed by atoms with Crippen molar-refractivity contribution in [3.8, 4) is 0 Å². The molecule has 126 valence electrons. The van der Waals surface area contributed by atoms with E-state index in [0.717, 1.165) is 11.6 Å². The summed E-state index contributed by atoms with van der Waals surface area (Å²) in [6.45, 7) is 3.30. The zero-order valence-electron chi connectivity index (χ0n) is 13.1. The number of sulfonamides is 1. The first-order chi connectivity index (χ1) is 11.2. The van der Waals surface area contributed by atoms with Gasteiger partial charge in [-0.2, -0.15) is 0 Å². The molecular formula is C16H15ClN2O4S. The Labute approximate surface area is 144 Å². The van der Waals surface area contributed by atoms with Crippen LogP contribution in [-0.4, -0.2) is 19.4 Å². The Bertz CT molecular complexity index is 943. The smallest absolute Gasteiger partial charge is 0.263 e. The number of fused-ring (bicyclic) bond motifs is 1. The number of nitro benzene ring substituents is 1. The van der Waals surface area contributed by atoms with Gasteiger partial charge in [-0.25, -0.2) is 8.42 Å². The molecule has 0 amide bonds. The summed E-state index contributed by atoms with van der Waals surface area (Å²) in [5, 5.41) is 11.2. The molecule has 1 atom stereocenters. The molecule has 0 radical (unpaired) electrons. The quantitative estimate of drug-likeness (QED) is 0.612. The summed E-state index contributed by atoms with van der Waals surface area (Å²) in [6.07, 6.45) is 0.594. The van der Waals surface area contributed by atoms with Crippen molar-refractivity contribution >= 4 is 33.0 Å². The number of nitro groups is 1. The third kappa shape index (κ3) is 2.53. The zero-order valence-corrected chi connectivity index (χ0v) is 14.6. The van der Waals surface area contributed by atoms with Crippen molar-refractivity contribution in [2.45, 2.75) is 31.2 Å². The van der Waals surface area contributed by atoms with Crippen molar-refractivity contribution in [1.29, 1.82) is 0 Å². The molecule has 0 saturated heterocycles. The Kier molecular flexibility index (Phi) is 4.01. The lowest BCUT2D eigenvalue weighted by Gasteiger charge is -2.24. The van der Waals surface area contributed by atoms with Gasteiger partial charge in [0, 0.05) is 17.7 Å². The lowest BCUT2D eigenvalue weighted by molar-refractivity contribution is -0.385. The molecule has 24 heavy (non-hydrogen) atoms. The summed E-state index contributed by atoms with van der Waals surface area (Å²) >= 11 is 6.02. The van der Waals surface area contributed by atoms with E-state index in [1.807, 2.05) is 19.1 Å². The van der Waals surface area contributed by atoms with Gasteiger partial charge in [0.25, 0.3) is 15.7 Å². The molecule has 8 heteroatoms. The predicted molar refractivity (Wildman–Crippen MR) is 92.1 cm³/mol. The molecule has 1 unspecified atom stereocenters. The summed E-state index contributed by atoms with van der Waals surface area (Å²) in [4.78, 5) is 10.4. The molecule has 1 aliphatic rings. The summed E-state index contributed by atoms with van der Waals surface area (Å²) in [7, 11) is -3.95. The lowest BCUT2D eigenvalue weighted by Crippen LogP contribution is -2.35. The van der Waals surface area contributed by atoms with Crippen LogP contribution in [-0.2, 0) is 16.4 Å². The fraction of sp³-hybridized carbons (Fsp3) is 0.250. The Morgan fingerprint density at radius 2 is 1.96 bits per heavy atom. The van der Waals surface area contributed by atoms with Crippen LogP contribution in [0.5, 0.6) is 0 Å². The molecule has 2 aromatic carbocycles. The molecule has 0 fully saturated rings. The van der Waals surface area contributed by atoms with Gasteiger partial charge in [-0.3, -0.25) is 14.4 Å². The van der Waals surface area contributed by atoms with Gasteiger partial charge < -0.3 is 0 Å². The molecular weight excluding hydrogens is 352 g/mol. The molecule has 0 aromatic heterocycles. The topological polar surface area (TPSA) is 80.5 Å². The maximum Gasteiger partial charge on any atom is 0.275 e. The van der Waals surface area contributed by atoms with Crippen molar-refractivity contribution in [1.82, 2.24) is 0 Å². The van der Waals surface area contributed by atoms with Gasteiger partial charge in [-0.15, -0.1) is 0 Å². The van der Waals surface area contributed by atoms with Gasteiger partial charge in [0.15, 0.2) is 0 Å². The van der Waals surface area contributed by atoms with Crippen LogP contribution in [0.4, 0.5) is 11.4 Å². The minimum absolute atomic E-state index is 0.0583. The Morgan fingerprint density at radius 1 is 1.29 bits per heavy atom. The molecule has 0 aliphatic carbocycles. The molecule has 1 aliphatic heterocycles. The highest BCUT2D eigenvalue weighted by atomic mass is 35.5. The third-order valence-corrected chi connectivity index (χ3v) is 6.49. The van der Waals surface area contributed by atoms with E-state index in [4.69, 9.17) is 11.6 Å². The number of hydrogen-bond donors (Lipinski definition) is 0. The second-order valence-electron chi connectivity index (χ2n) is 5.79. The van der Waals surface area contributed by atoms with Crippen molar-refractivity contribution in [3.05, 3.63) is 62.7 Å². The highest BCUT2D eigenvalue weighted by Crippen LogP contribution is 2.38. The summed E-state index contributed by atoms with van der Waals surface area (Å²) < 4.78 is 27.5. The van der Waals surface area contributed by atoms with E-state index in [2.05, 4.69) is 0 Å². The van der Waals surface area contributed by atoms with Crippen LogP contribution in [0, 0.1) is 17.0 Å². The Morgan fingerprint density at radius 3 is 2.62 bits per heavy atom. The second-order valence-corrected chi connectivity index (χ2v) is 8.01. The molecule has 2 aromatic rings. The maximum absolute atomic E-state index is 13.1. The number of para-hydroxylation sites is 1. The summed E-state index contributed by atoms with van der Waals surface area (Å²) in [5.74, 6) is 0. The van der Waals surface area contributed by atoms with E-state index in [9.17, 15) is 18.5 Å². The lowest BCUT2D eigenvalue weighted by atomic mass is 10.1. The van der Waals surface area contributed by atoms with Gasteiger partial charge >= 0.3 is 0 Å². The van der Waals surface area contributed by atoms with Gasteiger partial charge in [0.05, 0.1) is 20.5 Å². The number of anilines is 1. The maximum atomic E-state index is 13.1. The van der Waals surface area contributed by atoms with E-state index in [1.54, 1.807) is 12.1 Å². The monoisotopic (exact) mass is 366 g/mol. The Hall–Kier alpha value is -2.12. The van der Waals surface area contributed by atoms with Crippen LogP contribution in [0.15, 0.2) is 41.3 Å². The highest BCUT2D eigenvalue weighted by molar-refractivity contribution is 7.92. The number of halogens is 1. The number of nitrogens with zero attached hydrogens (tertiary/aromatic N) is 2. The highest BCUT2D eigenvalue weighted by Gasteiger charge is 2.37. The SMILES string of the molecule is Cc1c(Cl)cc(S(=O)(=O)N2c3ccccc3CC2C)cc1[N+](=O)[O-]. The van der Waals surface area contributed by atoms with Gasteiger partial charge in [-0.05, 0) is 38.0 Å². The fourth-order valence-electron chi connectivity index (χ4n) is 3.00. The molecule has 1 heterocycles. The average Bonchev–Trinajstić information content (AvgIpc) is 2.85. The van der Waals surface area contributed by atoms with Crippen molar-refractivity contribution in [2.75, 3.05) is 4.31 Å². The van der Waals surface area contributed by atoms with Gasteiger partial charge in [0.2, 0.25) is 0 Å². The number of hydrogen-bond acceptors (Lipinski definition) is 4. The van der Waals surface area contributed by atoms with E-state index < -0.39 is 14.9 Å².